The first-order chi connectivity index (χ1) is 14.4. The molecule has 30 heavy (non-hydrogen) atoms. The van der Waals surface area contributed by atoms with E-state index in [4.69, 9.17) is 5.11 Å². The number of nitrogens with one attached hydrogen (secondary N) is 1. The zero-order valence-corrected chi connectivity index (χ0v) is 19.5. The molecule has 2 unspecified atom stereocenters. The number of carbonyl (C=O) groups is 1. The van der Waals surface area contributed by atoms with Gasteiger partial charge in [-0.3, -0.25) is 5.32 Å². The molecular formula is C24H44N3O3+. The molecule has 3 N–H and O–H groups in total. The summed E-state index contributed by atoms with van der Waals surface area (Å²) in [6, 6.07) is 3.11. The van der Waals surface area contributed by atoms with Crippen LogP contribution in [-0.4, -0.2) is 69.8 Å². The van der Waals surface area contributed by atoms with Crippen molar-refractivity contribution in [2.24, 2.45) is 0 Å². The minimum Gasteiger partial charge on any atom is -0.477 e. The normalized spacial score (nSPS) is 16.1. The molecule has 0 aliphatic carbocycles. The smallest absolute Gasteiger partial charge is 0.369 e. The minimum absolute atomic E-state index is 0.0115. The van der Waals surface area contributed by atoms with Crippen molar-refractivity contribution in [2.45, 2.75) is 104 Å². The number of hydrogen-bond acceptors (Lipinski definition) is 4. The van der Waals surface area contributed by atoms with Gasteiger partial charge in [-0.15, -0.1) is 0 Å². The lowest BCUT2D eigenvalue weighted by Crippen LogP contribution is -2.45. The van der Waals surface area contributed by atoms with E-state index in [2.05, 4.69) is 24.2 Å². The molecule has 0 amide bonds. The van der Waals surface area contributed by atoms with Crippen LogP contribution < -0.4 is 5.32 Å². The summed E-state index contributed by atoms with van der Waals surface area (Å²) in [4.78, 5) is 13.0. The molecule has 0 aromatic rings. The maximum atomic E-state index is 11.0. The molecule has 6 heteroatoms. The van der Waals surface area contributed by atoms with Crippen LogP contribution in [0.1, 0.15) is 91.4 Å². The standard InChI is InChI=1S/C24H43N3O3/c1-4-5-6-7-8-9-10-11-12-13-14-23(28)19-25-22(3)26-16-15-21(2)27(18-17-26)20-24(29)30/h22-23,25,28H,4-14,17-20H2,1-3H3/p+1. The van der Waals surface area contributed by atoms with Crippen molar-refractivity contribution in [2.75, 3.05) is 26.2 Å². The van der Waals surface area contributed by atoms with Gasteiger partial charge in [0.15, 0.2) is 6.54 Å². The summed E-state index contributed by atoms with van der Waals surface area (Å²) in [5.41, 5.74) is 0.785. The summed E-state index contributed by atoms with van der Waals surface area (Å²) in [5.74, 6) is 2.20. The number of carboxylic acids is 1. The third kappa shape index (κ3) is 12.2. The Hall–Kier alpha value is -1.58. The van der Waals surface area contributed by atoms with Crippen LogP contribution in [-0.2, 0) is 4.79 Å². The second-order valence-corrected chi connectivity index (χ2v) is 8.54. The molecule has 0 fully saturated rings. The molecule has 2 atom stereocenters. The maximum absolute atomic E-state index is 11.0. The second-order valence-electron chi connectivity index (χ2n) is 8.54. The molecule has 172 valence electrons. The number of aliphatic carboxylic acids is 1. The van der Waals surface area contributed by atoms with Crippen LogP contribution in [0, 0.1) is 12.0 Å². The molecule has 0 aromatic heterocycles. The largest absolute Gasteiger partial charge is 0.477 e. The van der Waals surface area contributed by atoms with E-state index in [0.717, 1.165) is 18.6 Å². The molecule has 0 radical (unpaired) electrons. The number of carboxylic acid groups (broad SMARTS) is 1. The van der Waals surface area contributed by atoms with Gasteiger partial charge in [-0.1, -0.05) is 71.1 Å². The van der Waals surface area contributed by atoms with Crippen LogP contribution in [0.3, 0.4) is 0 Å². The van der Waals surface area contributed by atoms with E-state index >= 15 is 0 Å². The van der Waals surface area contributed by atoms with E-state index in [9.17, 15) is 9.90 Å². The Kier molecular flexibility index (Phi) is 14.2. The predicted octanol–water partition coefficient (Wildman–Crippen LogP) is 3.43. The fourth-order valence-electron chi connectivity index (χ4n) is 3.72. The summed E-state index contributed by atoms with van der Waals surface area (Å²) in [6.07, 6.45) is 13.6. The highest BCUT2D eigenvalue weighted by molar-refractivity contribution is 5.94. The molecule has 0 bridgehead atoms. The molecule has 6 nitrogen and oxygen atoms in total. The predicted molar refractivity (Wildman–Crippen MR) is 123 cm³/mol. The van der Waals surface area contributed by atoms with Crippen LogP contribution in [0.2, 0.25) is 0 Å². The van der Waals surface area contributed by atoms with E-state index in [-0.39, 0.29) is 18.8 Å². The lowest BCUT2D eigenvalue weighted by molar-refractivity contribution is -0.517. The van der Waals surface area contributed by atoms with Gasteiger partial charge < -0.3 is 15.1 Å². The van der Waals surface area contributed by atoms with Crippen molar-refractivity contribution in [3.8, 4) is 12.0 Å². The van der Waals surface area contributed by atoms with Crippen molar-refractivity contribution < 1.29 is 19.6 Å². The molecule has 0 aromatic carbocycles. The summed E-state index contributed by atoms with van der Waals surface area (Å²) in [6.45, 7) is 7.96. The maximum Gasteiger partial charge on any atom is 0.369 e. The van der Waals surface area contributed by atoms with E-state index in [1.165, 1.54) is 57.8 Å². The van der Waals surface area contributed by atoms with Gasteiger partial charge in [-0.25, -0.2) is 9.37 Å². The number of unbranched alkanes of at least 4 members (excludes halogenated alkanes) is 9. The number of aliphatic hydroxyl groups is 1. The third-order valence-electron chi connectivity index (χ3n) is 5.80. The third-order valence-corrected chi connectivity index (χ3v) is 5.80. The van der Waals surface area contributed by atoms with Crippen LogP contribution in [0.4, 0.5) is 0 Å². The lowest BCUT2D eigenvalue weighted by atomic mass is 10.0. The average Bonchev–Trinajstić information content (AvgIpc) is 2.89. The van der Waals surface area contributed by atoms with E-state index < -0.39 is 5.97 Å². The van der Waals surface area contributed by atoms with Gasteiger partial charge in [0.05, 0.1) is 18.8 Å². The lowest BCUT2D eigenvalue weighted by Gasteiger charge is -2.26. The fourth-order valence-corrected chi connectivity index (χ4v) is 3.72. The van der Waals surface area contributed by atoms with Gasteiger partial charge in [-0.2, -0.15) is 0 Å². The molecule has 1 heterocycles. The van der Waals surface area contributed by atoms with Gasteiger partial charge >= 0.3 is 5.97 Å². The first kappa shape index (κ1) is 26.5. The van der Waals surface area contributed by atoms with Crippen LogP contribution >= 0.6 is 0 Å². The molecule has 1 aliphatic rings. The summed E-state index contributed by atoms with van der Waals surface area (Å²) < 4.78 is 1.79. The van der Waals surface area contributed by atoms with Gasteiger partial charge in [0.2, 0.25) is 12.3 Å². The Morgan fingerprint density at radius 3 is 2.33 bits per heavy atom. The van der Waals surface area contributed by atoms with Crippen molar-refractivity contribution in [3.63, 3.8) is 0 Å². The van der Waals surface area contributed by atoms with Gasteiger partial charge in [0, 0.05) is 25.4 Å². The molecule has 1 aliphatic heterocycles. The van der Waals surface area contributed by atoms with E-state index in [1.807, 2.05) is 18.7 Å². The highest BCUT2D eigenvalue weighted by Gasteiger charge is 2.20. The molecule has 1 rings (SSSR count). The number of hydrogen-bond donors (Lipinski definition) is 3. The Labute approximate surface area is 183 Å². The van der Waals surface area contributed by atoms with Crippen LogP contribution in [0.15, 0.2) is 0 Å². The number of aliphatic hydroxyl groups excluding tert-OH is 1. The Morgan fingerprint density at radius 1 is 1.13 bits per heavy atom. The Morgan fingerprint density at radius 2 is 1.73 bits per heavy atom. The first-order valence-electron chi connectivity index (χ1n) is 11.9. The molecule has 0 spiro atoms. The molecule has 0 saturated heterocycles. The summed E-state index contributed by atoms with van der Waals surface area (Å²) in [5, 5.41) is 22.6. The average molecular weight is 423 g/mol. The number of rotatable bonds is 17. The van der Waals surface area contributed by atoms with Crippen LogP contribution in [0.5, 0.6) is 0 Å². The quantitative estimate of drug-likeness (QED) is 0.190. The molecule has 0 saturated carbocycles. The van der Waals surface area contributed by atoms with Gasteiger partial charge in [-0.05, 0) is 13.3 Å². The Bertz CT molecular complexity index is 580. The second kappa shape index (κ2) is 16.2. The number of nitrogens with zero attached hydrogens (tertiary/aromatic N) is 2. The highest BCUT2D eigenvalue weighted by atomic mass is 16.4. The van der Waals surface area contributed by atoms with E-state index in [1.54, 1.807) is 4.58 Å². The van der Waals surface area contributed by atoms with Crippen molar-refractivity contribution >= 4 is 11.7 Å². The Balaban J connectivity index is 2.12. The summed E-state index contributed by atoms with van der Waals surface area (Å²) in [7, 11) is 0. The van der Waals surface area contributed by atoms with Gasteiger partial charge in [0.25, 0.3) is 0 Å². The zero-order valence-electron chi connectivity index (χ0n) is 19.5. The zero-order chi connectivity index (χ0) is 22.2. The minimum atomic E-state index is -0.842. The highest BCUT2D eigenvalue weighted by Crippen LogP contribution is 2.12. The first-order valence-corrected chi connectivity index (χ1v) is 11.9. The fraction of sp³-hybridized carbons (Fsp3) is 0.833. The molecular weight excluding hydrogens is 378 g/mol. The topological polar surface area (TPSA) is 75.8 Å². The van der Waals surface area contributed by atoms with Gasteiger partial charge in [0.1, 0.15) is 0 Å². The van der Waals surface area contributed by atoms with Crippen LogP contribution in [0.25, 0.3) is 0 Å². The monoisotopic (exact) mass is 422 g/mol. The summed E-state index contributed by atoms with van der Waals surface area (Å²) >= 11 is 0. The van der Waals surface area contributed by atoms with Crippen molar-refractivity contribution in [1.82, 2.24) is 10.2 Å². The van der Waals surface area contributed by atoms with E-state index in [0.29, 0.717) is 19.6 Å². The van der Waals surface area contributed by atoms with Crippen molar-refractivity contribution in [3.05, 3.63) is 0 Å². The SMILES string of the molecule is CCCCCCCCCCCCC(O)CNC(C)N1C#CC(C)=[N+](CC(=O)O)CC1. The van der Waals surface area contributed by atoms with Crippen molar-refractivity contribution in [1.29, 1.82) is 0 Å².